The molecule has 1 fully saturated rings. The molecule has 1 aliphatic rings. The van der Waals surface area contributed by atoms with Crippen LogP contribution in [0.3, 0.4) is 0 Å². The molecular weight excluding hydrogens is 276 g/mol. The minimum absolute atomic E-state index is 0.137. The van der Waals surface area contributed by atoms with E-state index in [0.717, 1.165) is 19.3 Å². The maximum absolute atomic E-state index is 11.0. The van der Waals surface area contributed by atoms with Gasteiger partial charge in [0.25, 0.3) is 0 Å². The van der Waals surface area contributed by atoms with Crippen LogP contribution in [-0.2, 0) is 14.3 Å². The van der Waals surface area contributed by atoms with E-state index in [1.165, 1.54) is 25.4 Å². The molecule has 1 N–H and O–H groups in total. The van der Waals surface area contributed by atoms with E-state index < -0.39 is 5.97 Å². The van der Waals surface area contributed by atoms with E-state index in [9.17, 15) is 4.79 Å². The molecule has 7 heteroatoms. The average Bonchev–Trinajstić information content (AvgIpc) is 2.52. The second-order valence-electron chi connectivity index (χ2n) is 4.61. The standard InChI is InChI=1S/C14H18N2O5/c1-19-9-12(16-21-13-4-2-3-7-20-13)11-8-10(14(17)18)5-6-15-11/h5-6,8,13H,2-4,7,9H2,1H3,(H,17,18)/b16-12+. The summed E-state index contributed by atoms with van der Waals surface area (Å²) in [5, 5.41) is 13.0. The van der Waals surface area contributed by atoms with Crippen LogP contribution in [0.4, 0.5) is 0 Å². The van der Waals surface area contributed by atoms with Crippen LogP contribution in [0.5, 0.6) is 0 Å². The lowest BCUT2D eigenvalue weighted by Gasteiger charge is -2.20. The number of methoxy groups -OCH3 is 1. The highest BCUT2D eigenvalue weighted by atomic mass is 16.8. The Bertz CT molecular complexity index is 512. The van der Waals surface area contributed by atoms with Gasteiger partial charge in [-0.05, 0) is 25.0 Å². The topological polar surface area (TPSA) is 90.2 Å². The van der Waals surface area contributed by atoms with Crippen molar-refractivity contribution in [3.8, 4) is 0 Å². The molecule has 0 aromatic carbocycles. The number of aromatic carboxylic acids is 1. The van der Waals surface area contributed by atoms with Gasteiger partial charge in [-0.25, -0.2) is 4.79 Å². The van der Waals surface area contributed by atoms with Crippen molar-refractivity contribution in [2.24, 2.45) is 5.16 Å². The van der Waals surface area contributed by atoms with Gasteiger partial charge in [0.2, 0.25) is 6.29 Å². The molecule has 114 valence electrons. The molecule has 1 unspecified atom stereocenters. The fourth-order valence-corrected chi connectivity index (χ4v) is 1.92. The predicted molar refractivity (Wildman–Crippen MR) is 74.3 cm³/mol. The van der Waals surface area contributed by atoms with E-state index in [4.69, 9.17) is 19.4 Å². The zero-order valence-corrected chi connectivity index (χ0v) is 11.8. The number of aromatic nitrogens is 1. The first-order valence-corrected chi connectivity index (χ1v) is 6.73. The first-order chi connectivity index (χ1) is 10.2. The van der Waals surface area contributed by atoms with E-state index in [1.807, 2.05) is 0 Å². The van der Waals surface area contributed by atoms with Crippen molar-refractivity contribution in [1.82, 2.24) is 4.98 Å². The molecule has 1 aromatic heterocycles. The van der Waals surface area contributed by atoms with E-state index in [2.05, 4.69) is 10.1 Å². The molecule has 0 amide bonds. The second kappa shape index (κ2) is 7.70. The lowest BCUT2D eigenvalue weighted by molar-refractivity contribution is -0.162. The van der Waals surface area contributed by atoms with Crippen molar-refractivity contribution in [3.63, 3.8) is 0 Å². The van der Waals surface area contributed by atoms with Crippen LogP contribution in [0.2, 0.25) is 0 Å². The first kappa shape index (κ1) is 15.4. The third-order valence-electron chi connectivity index (χ3n) is 3.00. The summed E-state index contributed by atoms with van der Waals surface area (Å²) in [5.74, 6) is -1.02. The Labute approximate surface area is 122 Å². The van der Waals surface area contributed by atoms with Gasteiger partial charge in [-0.3, -0.25) is 4.98 Å². The van der Waals surface area contributed by atoms with Crippen LogP contribution in [0, 0.1) is 0 Å². The van der Waals surface area contributed by atoms with Gasteiger partial charge in [0, 0.05) is 19.7 Å². The highest BCUT2D eigenvalue weighted by Gasteiger charge is 2.16. The van der Waals surface area contributed by atoms with Gasteiger partial charge < -0.3 is 19.4 Å². The summed E-state index contributed by atoms with van der Waals surface area (Å²) in [6, 6.07) is 2.85. The highest BCUT2D eigenvalue weighted by molar-refractivity contribution is 6.01. The minimum Gasteiger partial charge on any atom is -0.478 e. The van der Waals surface area contributed by atoms with Crippen molar-refractivity contribution in [2.75, 3.05) is 20.3 Å². The number of oxime groups is 1. The number of carboxylic acid groups (broad SMARTS) is 1. The molecule has 0 aliphatic carbocycles. The van der Waals surface area contributed by atoms with E-state index >= 15 is 0 Å². The Morgan fingerprint density at radius 2 is 2.43 bits per heavy atom. The van der Waals surface area contributed by atoms with Gasteiger partial charge in [0.1, 0.15) is 5.71 Å². The van der Waals surface area contributed by atoms with E-state index in [1.54, 1.807) is 0 Å². The van der Waals surface area contributed by atoms with Crippen LogP contribution < -0.4 is 0 Å². The van der Waals surface area contributed by atoms with Crippen molar-refractivity contribution < 1.29 is 24.2 Å². The number of rotatable bonds is 6. The van der Waals surface area contributed by atoms with Crippen molar-refractivity contribution in [2.45, 2.75) is 25.6 Å². The summed E-state index contributed by atoms with van der Waals surface area (Å²) in [7, 11) is 1.52. The van der Waals surface area contributed by atoms with Gasteiger partial charge in [0.05, 0.1) is 24.5 Å². The smallest absolute Gasteiger partial charge is 0.335 e. The fourth-order valence-electron chi connectivity index (χ4n) is 1.92. The minimum atomic E-state index is -1.02. The average molecular weight is 294 g/mol. The fraction of sp³-hybridized carbons (Fsp3) is 0.500. The number of pyridine rings is 1. The van der Waals surface area contributed by atoms with Gasteiger partial charge >= 0.3 is 5.97 Å². The molecule has 1 aromatic rings. The normalized spacial score (nSPS) is 19.3. The summed E-state index contributed by atoms with van der Waals surface area (Å²) in [6.45, 7) is 0.829. The quantitative estimate of drug-likeness (QED) is 0.634. The van der Waals surface area contributed by atoms with Crippen molar-refractivity contribution in [3.05, 3.63) is 29.6 Å². The molecule has 0 bridgehead atoms. The molecule has 0 saturated carbocycles. The number of hydrogen-bond acceptors (Lipinski definition) is 6. The Hall–Kier alpha value is -1.99. The molecule has 1 aliphatic heterocycles. The Morgan fingerprint density at radius 3 is 3.10 bits per heavy atom. The number of ether oxygens (including phenoxy) is 2. The number of carboxylic acids is 1. The van der Waals surface area contributed by atoms with Gasteiger partial charge in [-0.1, -0.05) is 5.16 Å². The van der Waals surface area contributed by atoms with Crippen molar-refractivity contribution in [1.29, 1.82) is 0 Å². The highest BCUT2D eigenvalue weighted by Crippen LogP contribution is 2.14. The van der Waals surface area contributed by atoms with Gasteiger partial charge in [0.15, 0.2) is 0 Å². The third-order valence-corrected chi connectivity index (χ3v) is 3.00. The molecule has 7 nitrogen and oxygen atoms in total. The molecule has 2 heterocycles. The maximum atomic E-state index is 11.0. The van der Waals surface area contributed by atoms with Crippen LogP contribution in [-0.4, -0.2) is 48.4 Å². The maximum Gasteiger partial charge on any atom is 0.335 e. The Morgan fingerprint density at radius 1 is 1.57 bits per heavy atom. The van der Waals surface area contributed by atoms with Crippen LogP contribution in [0.1, 0.15) is 35.3 Å². The van der Waals surface area contributed by atoms with Crippen LogP contribution in [0.15, 0.2) is 23.5 Å². The summed E-state index contributed by atoms with van der Waals surface area (Å²) >= 11 is 0. The molecular formula is C14H18N2O5. The van der Waals surface area contributed by atoms with Gasteiger partial charge in [-0.2, -0.15) is 0 Å². The number of nitrogens with zero attached hydrogens (tertiary/aromatic N) is 2. The molecule has 2 rings (SSSR count). The molecule has 1 saturated heterocycles. The summed E-state index contributed by atoms with van der Waals surface area (Å²) in [6.07, 6.45) is 3.89. The Kier molecular flexibility index (Phi) is 5.65. The summed E-state index contributed by atoms with van der Waals surface area (Å²) < 4.78 is 10.5. The predicted octanol–water partition coefficient (Wildman–Crippen LogP) is 1.67. The SMILES string of the molecule is COC/C(=N\OC1CCCCO1)c1cc(C(=O)O)ccn1. The largest absolute Gasteiger partial charge is 0.478 e. The first-order valence-electron chi connectivity index (χ1n) is 6.73. The molecule has 1 atom stereocenters. The number of carbonyl (C=O) groups is 1. The monoisotopic (exact) mass is 294 g/mol. The summed E-state index contributed by atoms with van der Waals surface area (Å²) in [5.41, 5.74) is 0.972. The lowest BCUT2D eigenvalue weighted by atomic mass is 10.2. The number of hydrogen-bond donors (Lipinski definition) is 1. The van der Waals surface area contributed by atoms with Gasteiger partial charge in [-0.15, -0.1) is 0 Å². The van der Waals surface area contributed by atoms with E-state index in [0.29, 0.717) is 18.0 Å². The second-order valence-corrected chi connectivity index (χ2v) is 4.61. The molecule has 21 heavy (non-hydrogen) atoms. The lowest BCUT2D eigenvalue weighted by Crippen LogP contribution is -2.22. The third kappa shape index (κ3) is 4.51. The zero-order valence-electron chi connectivity index (χ0n) is 11.8. The van der Waals surface area contributed by atoms with Crippen LogP contribution in [0.25, 0.3) is 0 Å². The summed E-state index contributed by atoms with van der Waals surface area (Å²) in [4.78, 5) is 20.4. The van der Waals surface area contributed by atoms with E-state index in [-0.39, 0.29) is 18.5 Å². The zero-order chi connectivity index (χ0) is 15.1. The molecule has 0 spiro atoms. The molecule has 0 radical (unpaired) electrons. The Balaban J connectivity index is 2.13. The van der Waals surface area contributed by atoms with Crippen LogP contribution >= 0.6 is 0 Å². The van der Waals surface area contributed by atoms with Crippen molar-refractivity contribution >= 4 is 11.7 Å².